The minimum absolute atomic E-state index is 0. The zero-order chi connectivity index (χ0) is 10.6. The summed E-state index contributed by atoms with van der Waals surface area (Å²) in [6.45, 7) is 0. The van der Waals surface area contributed by atoms with Gasteiger partial charge in [-0.15, -0.1) is 0 Å². The molecule has 0 aliphatic carbocycles. The number of carboxylic acid groups (broad SMARTS) is 1. The zero-order valence-corrected chi connectivity index (χ0v) is 7.06. The molecule has 1 aromatic carbocycles. The number of carboxylic acids is 1. The third-order valence-corrected chi connectivity index (χ3v) is 1.41. The molecule has 6 heteroatoms. The van der Waals surface area contributed by atoms with E-state index in [-0.39, 0.29) is 29.6 Å². The molecule has 2 N–H and O–H groups in total. The molecule has 0 aliphatic heterocycles. The van der Waals surface area contributed by atoms with E-state index in [1.54, 1.807) is 18.2 Å². The fraction of sp³-hybridized carbons (Fsp3) is 0. The Morgan fingerprint density at radius 1 is 1.20 bits per heavy atom. The number of rotatable bonds is 1. The third-order valence-electron chi connectivity index (χ3n) is 1.41. The molecule has 5 nitrogen and oxygen atoms in total. The van der Waals surface area contributed by atoms with Crippen LogP contribution in [0, 0.1) is 5.41 Å². The normalized spacial score (nSPS) is 8.53. The molecular formula is C9H8NNaO4. The maximum atomic E-state index is 10.6. The van der Waals surface area contributed by atoms with Crippen LogP contribution in [0.15, 0.2) is 30.3 Å². The van der Waals surface area contributed by atoms with Gasteiger partial charge in [0.05, 0.1) is 0 Å². The van der Waals surface area contributed by atoms with Crippen LogP contribution in [0.5, 0.6) is 0 Å². The van der Waals surface area contributed by atoms with Crippen LogP contribution >= 0.6 is 0 Å². The van der Waals surface area contributed by atoms with Crippen molar-refractivity contribution in [2.24, 2.45) is 0 Å². The van der Waals surface area contributed by atoms with E-state index in [9.17, 15) is 9.59 Å². The molecule has 0 aromatic heterocycles. The SMILES string of the molecule is N=C(OC(=O)C(=O)O)c1ccccc1.[NaH]. The second-order valence-corrected chi connectivity index (χ2v) is 2.39. The number of esters is 1. The van der Waals surface area contributed by atoms with Crippen molar-refractivity contribution in [3.05, 3.63) is 35.9 Å². The van der Waals surface area contributed by atoms with Crippen molar-refractivity contribution >= 4 is 47.4 Å². The standard InChI is InChI=1S/C9H7NO4.Na.H/c10-7(14-9(13)8(11)12)6-4-2-1-3-5-6;;/h1-5,10H,(H,11,12);;. The van der Waals surface area contributed by atoms with Crippen LogP contribution in [0.25, 0.3) is 0 Å². The van der Waals surface area contributed by atoms with Crippen LogP contribution in [-0.2, 0) is 14.3 Å². The van der Waals surface area contributed by atoms with Gasteiger partial charge in [-0.25, -0.2) is 9.59 Å². The molecule has 0 heterocycles. The number of hydrogen-bond donors (Lipinski definition) is 2. The molecule has 0 amide bonds. The third kappa shape index (κ3) is 4.24. The summed E-state index contributed by atoms with van der Waals surface area (Å²) in [6, 6.07) is 8.11. The fourth-order valence-electron chi connectivity index (χ4n) is 0.785. The summed E-state index contributed by atoms with van der Waals surface area (Å²) in [5.41, 5.74) is 0.349. The van der Waals surface area contributed by atoms with Crippen molar-refractivity contribution < 1.29 is 19.4 Å². The summed E-state index contributed by atoms with van der Waals surface area (Å²) in [7, 11) is 0. The Hall–Kier alpha value is -1.17. The van der Waals surface area contributed by atoms with E-state index in [1.165, 1.54) is 12.1 Å². The molecule has 0 saturated heterocycles. The molecule has 15 heavy (non-hydrogen) atoms. The fourth-order valence-corrected chi connectivity index (χ4v) is 0.785. The van der Waals surface area contributed by atoms with Crippen molar-refractivity contribution in [3.63, 3.8) is 0 Å². The van der Waals surface area contributed by atoms with Gasteiger partial charge in [-0.05, 0) is 12.1 Å². The summed E-state index contributed by atoms with van der Waals surface area (Å²) in [4.78, 5) is 20.7. The van der Waals surface area contributed by atoms with Gasteiger partial charge < -0.3 is 9.84 Å². The number of nitrogens with one attached hydrogen (secondary N) is 1. The van der Waals surface area contributed by atoms with Crippen molar-refractivity contribution in [2.75, 3.05) is 0 Å². The van der Waals surface area contributed by atoms with Gasteiger partial charge in [0.2, 0.25) is 5.90 Å². The van der Waals surface area contributed by atoms with Crippen molar-refractivity contribution in [3.8, 4) is 0 Å². The number of carbonyl (C=O) groups excluding carboxylic acids is 1. The van der Waals surface area contributed by atoms with Crippen LogP contribution in [-0.4, -0.2) is 52.5 Å². The average Bonchev–Trinajstić information content (AvgIpc) is 2.19. The van der Waals surface area contributed by atoms with Gasteiger partial charge >= 0.3 is 41.5 Å². The predicted molar refractivity (Wildman–Crippen MR) is 54.1 cm³/mol. The first-order valence-corrected chi connectivity index (χ1v) is 3.70. The number of carbonyl (C=O) groups is 2. The molecule has 0 unspecified atom stereocenters. The monoisotopic (exact) mass is 217 g/mol. The number of aliphatic carboxylic acids is 1. The van der Waals surface area contributed by atoms with E-state index < -0.39 is 17.8 Å². The van der Waals surface area contributed by atoms with Gasteiger partial charge in [-0.3, -0.25) is 5.41 Å². The maximum absolute atomic E-state index is 10.6. The zero-order valence-electron chi connectivity index (χ0n) is 7.06. The van der Waals surface area contributed by atoms with Gasteiger partial charge in [0, 0.05) is 5.56 Å². The van der Waals surface area contributed by atoms with Crippen LogP contribution in [0.4, 0.5) is 0 Å². The molecule has 0 aliphatic rings. The van der Waals surface area contributed by atoms with Gasteiger partial charge in [0.25, 0.3) is 0 Å². The number of benzene rings is 1. The van der Waals surface area contributed by atoms with Crippen LogP contribution < -0.4 is 0 Å². The topological polar surface area (TPSA) is 87.5 Å². The predicted octanol–water partition coefficient (Wildman–Crippen LogP) is -0.00873. The second kappa shape index (κ2) is 6.34. The summed E-state index contributed by atoms with van der Waals surface area (Å²) < 4.78 is 4.24. The molecule has 0 bridgehead atoms. The Morgan fingerprint density at radius 3 is 2.20 bits per heavy atom. The number of hydrogen-bond acceptors (Lipinski definition) is 4. The Balaban J connectivity index is 0.00000196. The van der Waals surface area contributed by atoms with E-state index in [4.69, 9.17) is 10.5 Å². The first-order valence-electron chi connectivity index (χ1n) is 3.70. The van der Waals surface area contributed by atoms with Crippen LogP contribution in [0.3, 0.4) is 0 Å². The summed E-state index contributed by atoms with van der Waals surface area (Å²) in [6.07, 6.45) is 0. The molecular weight excluding hydrogens is 209 g/mol. The molecule has 74 valence electrons. The van der Waals surface area contributed by atoms with E-state index in [1.807, 2.05) is 0 Å². The second-order valence-electron chi connectivity index (χ2n) is 2.39. The molecule has 0 spiro atoms. The van der Waals surface area contributed by atoms with Gasteiger partial charge in [0.15, 0.2) is 0 Å². The molecule has 1 rings (SSSR count). The van der Waals surface area contributed by atoms with Crippen LogP contribution in [0.1, 0.15) is 5.56 Å². The molecule has 0 fully saturated rings. The summed E-state index contributed by atoms with van der Waals surface area (Å²) >= 11 is 0. The minimum atomic E-state index is -1.72. The van der Waals surface area contributed by atoms with Gasteiger partial charge in [-0.1, -0.05) is 18.2 Å². The first kappa shape index (κ1) is 13.8. The Labute approximate surface area is 108 Å². The van der Waals surface area contributed by atoms with E-state index in [2.05, 4.69) is 4.74 Å². The summed E-state index contributed by atoms with van der Waals surface area (Å²) in [5.74, 6) is -3.65. The van der Waals surface area contributed by atoms with Crippen LogP contribution in [0.2, 0.25) is 0 Å². The van der Waals surface area contributed by atoms with Crippen molar-refractivity contribution in [1.82, 2.24) is 0 Å². The average molecular weight is 217 g/mol. The van der Waals surface area contributed by atoms with E-state index in [0.29, 0.717) is 5.56 Å². The van der Waals surface area contributed by atoms with Gasteiger partial charge in [-0.2, -0.15) is 0 Å². The van der Waals surface area contributed by atoms with Crippen molar-refractivity contribution in [2.45, 2.75) is 0 Å². The summed E-state index contributed by atoms with van der Waals surface area (Å²) in [5, 5.41) is 15.5. The molecule has 0 radical (unpaired) electrons. The Bertz CT molecular complexity index is 377. The first-order chi connectivity index (χ1) is 6.61. The van der Waals surface area contributed by atoms with E-state index >= 15 is 0 Å². The van der Waals surface area contributed by atoms with Crippen molar-refractivity contribution in [1.29, 1.82) is 5.41 Å². The molecule has 0 atom stereocenters. The molecule has 1 aromatic rings. The number of ether oxygens (including phenoxy) is 1. The Morgan fingerprint density at radius 2 is 1.73 bits per heavy atom. The molecule has 0 saturated carbocycles. The van der Waals surface area contributed by atoms with E-state index in [0.717, 1.165) is 0 Å². The van der Waals surface area contributed by atoms with Gasteiger partial charge in [0.1, 0.15) is 0 Å². The Kier molecular flexibility index (Phi) is 5.84. The quantitative estimate of drug-likeness (QED) is 0.228.